The molecule has 1 rings (SSSR count). The molecule has 0 unspecified atom stereocenters. The molecule has 2 nitrogen and oxygen atoms in total. The molecule has 0 bridgehead atoms. The number of rotatable bonds is 15. The quantitative estimate of drug-likeness (QED) is 0.272. The molecule has 0 spiro atoms. The van der Waals surface area contributed by atoms with E-state index < -0.39 is 0 Å². The molecule has 0 heterocycles. The average Bonchev–Trinajstić information content (AvgIpc) is 2.82. The number of hydrogen-bond donors (Lipinski definition) is 2. The van der Waals surface area contributed by atoms with Gasteiger partial charge >= 0.3 is 0 Å². The van der Waals surface area contributed by atoms with Gasteiger partial charge in [0.25, 0.3) is 0 Å². The minimum absolute atomic E-state index is 0.690. The fourth-order valence-electron chi connectivity index (χ4n) is 3.29. The van der Waals surface area contributed by atoms with Crippen LogP contribution in [0.25, 0.3) is 0 Å². The maximum atomic E-state index is 4.20. The summed E-state index contributed by atoms with van der Waals surface area (Å²) in [5.74, 6) is 0. The van der Waals surface area contributed by atoms with Crippen LogP contribution in [0.2, 0.25) is 0 Å². The van der Waals surface area contributed by atoms with E-state index in [-0.39, 0.29) is 0 Å². The van der Waals surface area contributed by atoms with Crippen LogP contribution >= 0.6 is 0 Å². The summed E-state index contributed by atoms with van der Waals surface area (Å²) in [6.07, 6.45) is 13.0. The van der Waals surface area contributed by atoms with Crippen LogP contribution in [0.4, 0.5) is 0 Å². The van der Waals surface area contributed by atoms with Crippen LogP contribution in [0.5, 0.6) is 0 Å². The normalized spacial score (nSPS) is 11.4. The summed E-state index contributed by atoms with van der Waals surface area (Å²) in [4.78, 5) is 0. The lowest BCUT2D eigenvalue weighted by atomic mass is 9.98. The highest BCUT2D eigenvalue weighted by Crippen LogP contribution is 2.17. The van der Waals surface area contributed by atoms with Gasteiger partial charge in [-0.05, 0) is 66.2 Å². The molecular formula is C31H42N2. The minimum Gasteiger partial charge on any atom is -0.381 e. The Balaban J connectivity index is 2.64. The van der Waals surface area contributed by atoms with Crippen molar-refractivity contribution in [2.75, 3.05) is 6.54 Å². The van der Waals surface area contributed by atoms with Gasteiger partial charge < -0.3 is 10.6 Å². The highest BCUT2D eigenvalue weighted by atomic mass is 14.9. The van der Waals surface area contributed by atoms with Gasteiger partial charge in [0.1, 0.15) is 0 Å². The van der Waals surface area contributed by atoms with Gasteiger partial charge in [-0.2, -0.15) is 0 Å². The predicted molar refractivity (Wildman–Crippen MR) is 148 cm³/mol. The van der Waals surface area contributed by atoms with E-state index in [1.54, 1.807) is 12.2 Å². The maximum absolute atomic E-state index is 4.20. The first-order valence-corrected chi connectivity index (χ1v) is 11.7. The zero-order valence-electron chi connectivity index (χ0n) is 21.2. The Morgan fingerprint density at radius 3 is 2.21 bits per heavy atom. The molecule has 0 aliphatic rings. The summed E-state index contributed by atoms with van der Waals surface area (Å²) in [7, 11) is 0. The van der Waals surface area contributed by atoms with Crippen LogP contribution in [-0.4, -0.2) is 6.54 Å². The Labute approximate surface area is 202 Å². The van der Waals surface area contributed by atoms with E-state index in [1.165, 1.54) is 28.7 Å². The molecule has 0 atom stereocenters. The summed E-state index contributed by atoms with van der Waals surface area (Å²) < 4.78 is 0. The van der Waals surface area contributed by atoms with E-state index in [0.717, 1.165) is 47.5 Å². The highest BCUT2D eigenvalue weighted by molar-refractivity contribution is 5.42. The van der Waals surface area contributed by atoms with Crippen molar-refractivity contribution in [3.63, 3.8) is 0 Å². The van der Waals surface area contributed by atoms with Crippen LogP contribution in [0, 0.1) is 0 Å². The van der Waals surface area contributed by atoms with E-state index in [4.69, 9.17) is 0 Å². The highest BCUT2D eigenvalue weighted by Gasteiger charge is 2.05. The van der Waals surface area contributed by atoms with E-state index >= 15 is 0 Å². The Hall–Kier alpha value is -3.26. The van der Waals surface area contributed by atoms with Gasteiger partial charge in [0.2, 0.25) is 0 Å². The number of benzene rings is 1. The molecule has 0 saturated heterocycles. The van der Waals surface area contributed by atoms with Crippen molar-refractivity contribution in [2.24, 2.45) is 0 Å². The number of nitrogens with one attached hydrogen (secondary N) is 2. The molecule has 0 aliphatic carbocycles. The van der Waals surface area contributed by atoms with Gasteiger partial charge in [-0.15, -0.1) is 0 Å². The first-order valence-electron chi connectivity index (χ1n) is 11.7. The summed E-state index contributed by atoms with van der Waals surface area (Å²) in [5.41, 5.74) is 9.91. The maximum Gasteiger partial charge on any atom is 0.0400 e. The number of hydrogen-bond acceptors (Lipinski definition) is 2. The van der Waals surface area contributed by atoms with Crippen molar-refractivity contribution in [1.82, 2.24) is 10.6 Å². The van der Waals surface area contributed by atoms with Crippen molar-refractivity contribution in [3.8, 4) is 0 Å². The molecule has 1 aromatic carbocycles. The molecule has 0 fully saturated rings. The monoisotopic (exact) mass is 442 g/mol. The second kappa shape index (κ2) is 14.7. The molecule has 0 amide bonds. The Morgan fingerprint density at radius 2 is 1.61 bits per heavy atom. The third-order valence-corrected chi connectivity index (χ3v) is 5.54. The number of allylic oxidation sites excluding steroid dienone is 7. The zero-order valence-corrected chi connectivity index (χ0v) is 21.2. The lowest BCUT2D eigenvalue weighted by Crippen LogP contribution is -2.16. The van der Waals surface area contributed by atoms with Crippen LogP contribution in [0.15, 0.2) is 115 Å². The Morgan fingerprint density at radius 1 is 0.909 bits per heavy atom. The summed E-state index contributed by atoms with van der Waals surface area (Å²) >= 11 is 0. The summed E-state index contributed by atoms with van der Waals surface area (Å²) in [5, 5.41) is 6.78. The van der Waals surface area contributed by atoms with E-state index in [9.17, 15) is 0 Å². The first kappa shape index (κ1) is 27.8. The van der Waals surface area contributed by atoms with Crippen molar-refractivity contribution < 1.29 is 0 Å². The third-order valence-electron chi connectivity index (χ3n) is 5.54. The molecule has 0 saturated carbocycles. The smallest absolute Gasteiger partial charge is 0.0400 e. The second-order valence-corrected chi connectivity index (χ2v) is 8.31. The van der Waals surface area contributed by atoms with Crippen LogP contribution < -0.4 is 10.6 Å². The van der Waals surface area contributed by atoms with Gasteiger partial charge in [-0.25, -0.2) is 0 Å². The second-order valence-electron chi connectivity index (χ2n) is 8.31. The SMILES string of the molecule is C=CC(C=C)=C/C=C(\C)CNC(=C)C(=C)/C=C(\C)C(=C)NCc1ccc(CCC)c(CC)c1. The Kier molecular flexibility index (Phi) is 12.4. The van der Waals surface area contributed by atoms with Gasteiger partial charge in [-0.3, -0.25) is 0 Å². The van der Waals surface area contributed by atoms with Gasteiger partial charge in [0.15, 0.2) is 0 Å². The van der Waals surface area contributed by atoms with E-state index in [0.29, 0.717) is 6.54 Å². The van der Waals surface area contributed by atoms with Gasteiger partial charge in [-0.1, -0.05) is 101 Å². The van der Waals surface area contributed by atoms with Crippen molar-refractivity contribution >= 4 is 0 Å². The zero-order chi connectivity index (χ0) is 24.8. The lowest BCUT2D eigenvalue weighted by molar-refractivity contribution is 0.816. The molecule has 2 N–H and O–H groups in total. The van der Waals surface area contributed by atoms with Crippen LogP contribution in [0.3, 0.4) is 0 Å². The summed E-state index contributed by atoms with van der Waals surface area (Å²) in [6, 6.07) is 6.80. The molecular weight excluding hydrogens is 400 g/mol. The average molecular weight is 443 g/mol. The largest absolute Gasteiger partial charge is 0.381 e. The molecule has 0 aliphatic heterocycles. The van der Waals surface area contributed by atoms with Crippen LogP contribution in [0.1, 0.15) is 50.8 Å². The minimum atomic E-state index is 0.690. The fourth-order valence-corrected chi connectivity index (χ4v) is 3.29. The molecule has 176 valence electrons. The molecule has 1 aromatic rings. The topological polar surface area (TPSA) is 24.1 Å². The van der Waals surface area contributed by atoms with Gasteiger partial charge in [0.05, 0.1) is 0 Å². The third kappa shape index (κ3) is 9.82. The van der Waals surface area contributed by atoms with Crippen molar-refractivity contribution in [2.45, 2.75) is 53.5 Å². The lowest BCUT2D eigenvalue weighted by Gasteiger charge is -2.14. The molecule has 0 radical (unpaired) electrons. The number of aryl methyl sites for hydroxylation is 2. The molecule has 2 heteroatoms. The standard InChI is InChI=1S/C31H42N2/c1-10-14-31-18-17-29(20-30(31)13-4)22-33-27(9)25(7)19-24(6)26(8)32-21-23(5)15-16-28(11-2)12-3/h11-12,15-20,32-33H,2-3,6,8-10,13-14,21-22H2,1,4-5,7H3/b23-15+,25-19+. The molecule has 0 aromatic heterocycles. The summed E-state index contributed by atoms with van der Waals surface area (Å²) in [6.45, 7) is 30.0. The fraction of sp³-hybridized carbons (Fsp3) is 0.290. The van der Waals surface area contributed by atoms with Crippen LogP contribution in [-0.2, 0) is 19.4 Å². The Bertz CT molecular complexity index is 957. The van der Waals surface area contributed by atoms with Gasteiger partial charge in [0, 0.05) is 24.5 Å². The molecule has 33 heavy (non-hydrogen) atoms. The first-order chi connectivity index (χ1) is 15.7. The van der Waals surface area contributed by atoms with E-state index in [1.807, 2.05) is 25.2 Å². The van der Waals surface area contributed by atoms with E-state index in [2.05, 4.69) is 82.5 Å². The van der Waals surface area contributed by atoms with Crippen molar-refractivity contribution in [3.05, 3.63) is 132 Å². The van der Waals surface area contributed by atoms with Crippen molar-refractivity contribution in [1.29, 1.82) is 0 Å². The predicted octanol–water partition coefficient (Wildman–Crippen LogP) is 7.66.